The van der Waals surface area contributed by atoms with E-state index in [1.807, 2.05) is 0 Å². The van der Waals surface area contributed by atoms with Gasteiger partial charge in [0.05, 0.1) is 5.52 Å². The van der Waals surface area contributed by atoms with Crippen LogP contribution in [0, 0.1) is 5.82 Å². The molecule has 72 valence electrons. The van der Waals surface area contributed by atoms with Gasteiger partial charge in [0.1, 0.15) is 11.6 Å². The van der Waals surface area contributed by atoms with E-state index in [-0.39, 0.29) is 11.6 Å². The van der Waals surface area contributed by atoms with Crippen LogP contribution in [0.2, 0.25) is 0 Å². The van der Waals surface area contributed by atoms with E-state index >= 15 is 0 Å². The molecule has 5 heteroatoms. The molecule has 4 N–H and O–H groups in total. The Labute approximate surface area is 88.0 Å². The first-order valence-corrected chi connectivity index (χ1v) is 4.68. The zero-order chi connectivity index (χ0) is 10.3. The molecule has 0 radical (unpaired) electrons. The number of benzene rings is 1. The molecule has 0 saturated heterocycles. The number of fused-ring (bicyclic) bond motifs is 1. The zero-order valence-electron chi connectivity index (χ0n) is 7.09. The molecule has 0 bridgehead atoms. The molecule has 1 heterocycles. The van der Waals surface area contributed by atoms with Gasteiger partial charge in [-0.05, 0) is 22.0 Å². The van der Waals surface area contributed by atoms with Gasteiger partial charge in [-0.2, -0.15) is 0 Å². The Morgan fingerprint density at radius 3 is 2.64 bits per heavy atom. The molecular weight excluding hydrogens is 249 g/mol. The van der Waals surface area contributed by atoms with E-state index in [1.165, 1.54) is 12.1 Å². The Morgan fingerprint density at radius 2 is 1.93 bits per heavy atom. The third-order valence-electron chi connectivity index (χ3n) is 1.88. The van der Waals surface area contributed by atoms with Crippen LogP contribution in [0.4, 0.5) is 15.9 Å². The van der Waals surface area contributed by atoms with Crippen LogP contribution in [0.5, 0.6) is 0 Å². The molecular formula is C9H7BrFN3. The van der Waals surface area contributed by atoms with Crippen LogP contribution >= 0.6 is 15.9 Å². The number of halogens is 2. The number of anilines is 2. The van der Waals surface area contributed by atoms with Crippen molar-refractivity contribution in [1.82, 2.24) is 4.98 Å². The summed E-state index contributed by atoms with van der Waals surface area (Å²) >= 11 is 3.22. The van der Waals surface area contributed by atoms with Gasteiger partial charge in [-0.15, -0.1) is 0 Å². The molecule has 0 aliphatic carbocycles. The molecule has 0 fully saturated rings. The maximum Gasteiger partial charge on any atom is 0.126 e. The van der Waals surface area contributed by atoms with Crippen LogP contribution < -0.4 is 11.5 Å². The highest BCUT2D eigenvalue weighted by atomic mass is 79.9. The van der Waals surface area contributed by atoms with Gasteiger partial charge in [-0.3, -0.25) is 0 Å². The fourth-order valence-electron chi connectivity index (χ4n) is 1.34. The van der Waals surface area contributed by atoms with Crippen molar-refractivity contribution >= 4 is 38.3 Å². The topological polar surface area (TPSA) is 64.9 Å². The maximum atomic E-state index is 13.0. The van der Waals surface area contributed by atoms with Crippen LogP contribution in [-0.2, 0) is 0 Å². The van der Waals surface area contributed by atoms with E-state index in [0.717, 1.165) is 0 Å². The van der Waals surface area contributed by atoms with Crippen LogP contribution in [0.1, 0.15) is 0 Å². The second-order valence-corrected chi connectivity index (χ2v) is 3.77. The predicted octanol–water partition coefficient (Wildman–Crippen LogP) is 2.30. The first-order valence-electron chi connectivity index (χ1n) is 3.88. The number of pyridine rings is 1. The quantitative estimate of drug-likeness (QED) is 0.760. The highest BCUT2D eigenvalue weighted by Crippen LogP contribution is 2.30. The summed E-state index contributed by atoms with van der Waals surface area (Å²) in [6.07, 6.45) is 0. The lowest BCUT2D eigenvalue weighted by molar-refractivity contribution is 0.628. The smallest absolute Gasteiger partial charge is 0.126 e. The van der Waals surface area contributed by atoms with Gasteiger partial charge in [0.25, 0.3) is 0 Å². The van der Waals surface area contributed by atoms with Gasteiger partial charge in [0, 0.05) is 27.7 Å². The molecule has 0 spiro atoms. The highest BCUT2D eigenvalue weighted by Gasteiger charge is 2.07. The first-order chi connectivity index (χ1) is 6.58. The van der Waals surface area contributed by atoms with Gasteiger partial charge in [0.2, 0.25) is 0 Å². The van der Waals surface area contributed by atoms with Crippen molar-refractivity contribution in [2.45, 2.75) is 0 Å². The second kappa shape index (κ2) is 3.09. The molecule has 2 rings (SSSR count). The molecule has 0 aliphatic heterocycles. The number of hydrogen-bond donors (Lipinski definition) is 2. The average Bonchev–Trinajstić information content (AvgIpc) is 1.99. The summed E-state index contributed by atoms with van der Waals surface area (Å²) in [4.78, 5) is 3.99. The lowest BCUT2D eigenvalue weighted by Crippen LogP contribution is -1.96. The van der Waals surface area contributed by atoms with E-state index in [0.29, 0.717) is 21.1 Å². The second-order valence-electron chi connectivity index (χ2n) is 2.92. The third kappa shape index (κ3) is 1.39. The number of hydrogen-bond acceptors (Lipinski definition) is 3. The van der Waals surface area contributed by atoms with Crippen molar-refractivity contribution in [1.29, 1.82) is 0 Å². The summed E-state index contributed by atoms with van der Waals surface area (Å²) in [5.41, 5.74) is 12.2. The van der Waals surface area contributed by atoms with Gasteiger partial charge in [-0.25, -0.2) is 9.37 Å². The summed E-state index contributed by atoms with van der Waals surface area (Å²) in [7, 11) is 0. The van der Waals surface area contributed by atoms with Crippen LogP contribution in [-0.4, -0.2) is 4.98 Å². The van der Waals surface area contributed by atoms with E-state index in [1.54, 1.807) is 6.07 Å². The lowest BCUT2D eigenvalue weighted by atomic mass is 10.2. The number of nitrogens with two attached hydrogens (primary N) is 2. The normalized spacial score (nSPS) is 10.7. The Kier molecular flexibility index (Phi) is 2.03. The minimum Gasteiger partial charge on any atom is -0.398 e. The number of nitrogens with zero attached hydrogens (tertiary/aromatic N) is 1. The fourth-order valence-corrected chi connectivity index (χ4v) is 1.99. The van der Waals surface area contributed by atoms with E-state index in [9.17, 15) is 4.39 Å². The molecule has 0 unspecified atom stereocenters. The number of rotatable bonds is 0. The Hall–Kier alpha value is -1.36. The maximum absolute atomic E-state index is 13.0. The SMILES string of the molecule is Nc1cc(N)c2c(Br)cc(F)cc2n1. The standard InChI is InChI=1S/C9H7BrFN3/c10-5-1-4(11)2-7-9(5)6(12)3-8(13)14-7/h1-3H,(H4,12,13,14). The Morgan fingerprint density at radius 1 is 1.21 bits per heavy atom. The third-order valence-corrected chi connectivity index (χ3v) is 2.50. The molecule has 1 aromatic heterocycles. The van der Waals surface area contributed by atoms with Gasteiger partial charge in [0.15, 0.2) is 0 Å². The highest BCUT2D eigenvalue weighted by molar-refractivity contribution is 9.10. The molecule has 0 amide bonds. The average molecular weight is 256 g/mol. The molecule has 2 aromatic rings. The fraction of sp³-hybridized carbons (Fsp3) is 0. The molecule has 0 aliphatic rings. The minimum atomic E-state index is -0.373. The molecule has 0 saturated carbocycles. The monoisotopic (exact) mass is 255 g/mol. The number of nitrogen functional groups attached to an aromatic ring is 2. The summed E-state index contributed by atoms with van der Waals surface area (Å²) in [6, 6.07) is 4.19. The van der Waals surface area contributed by atoms with Gasteiger partial charge >= 0.3 is 0 Å². The Balaban J connectivity index is 2.94. The predicted molar refractivity (Wildman–Crippen MR) is 58.2 cm³/mol. The van der Waals surface area contributed by atoms with Crippen molar-refractivity contribution in [3.63, 3.8) is 0 Å². The van der Waals surface area contributed by atoms with Crippen molar-refractivity contribution in [3.05, 3.63) is 28.5 Å². The minimum absolute atomic E-state index is 0.285. The zero-order valence-corrected chi connectivity index (χ0v) is 8.68. The van der Waals surface area contributed by atoms with E-state index < -0.39 is 0 Å². The lowest BCUT2D eigenvalue weighted by Gasteiger charge is -2.05. The number of aromatic nitrogens is 1. The van der Waals surface area contributed by atoms with Crippen molar-refractivity contribution < 1.29 is 4.39 Å². The molecule has 1 aromatic carbocycles. The van der Waals surface area contributed by atoms with Crippen LogP contribution in [0.3, 0.4) is 0 Å². The van der Waals surface area contributed by atoms with E-state index in [2.05, 4.69) is 20.9 Å². The van der Waals surface area contributed by atoms with Crippen molar-refractivity contribution in [3.8, 4) is 0 Å². The summed E-state index contributed by atoms with van der Waals surface area (Å²) in [6.45, 7) is 0. The van der Waals surface area contributed by atoms with Crippen LogP contribution in [0.15, 0.2) is 22.7 Å². The largest absolute Gasteiger partial charge is 0.398 e. The van der Waals surface area contributed by atoms with Crippen molar-refractivity contribution in [2.24, 2.45) is 0 Å². The summed E-state index contributed by atoms with van der Waals surface area (Å²) in [5, 5.41) is 0.681. The molecule has 3 nitrogen and oxygen atoms in total. The molecule has 0 atom stereocenters. The summed E-state index contributed by atoms with van der Waals surface area (Å²) in [5.74, 6) is -0.0885. The van der Waals surface area contributed by atoms with Gasteiger partial charge < -0.3 is 11.5 Å². The molecule has 14 heavy (non-hydrogen) atoms. The van der Waals surface area contributed by atoms with Crippen LogP contribution in [0.25, 0.3) is 10.9 Å². The Bertz CT molecular complexity index is 470. The van der Waals surface area contributed by atoms with Gasteiger partial charge in [-0.1, -0.05) is 0 Å². The van der Waals surface area contributed by atoms with E-state index in [4.69, 9.17) is 11.5 Å². The summed E-state index contributed by atoms with van der Waals surface area (Å²) < 4.78 is 13.6. The first kappa shape index (κ1) is 9.21. The van der Waals surface area contributed by atoms with Crippen molar-refractivity contribution in [2.75, 3.05) is 11.5 Å².